The second kappa shape index (κ2) is 2.98. The van der Waals surface area contributed by atoms with E-state index in [4.69, 9.17) is 10.8 Å². The van der Waals surface area contributed by atoms with E-state index in [1.165, 1.54) is 6.08 Å². The van der Waals surface area contributed by atoms with E-state index in [1.807, 2.05) is 0 Å². The maximum Gasteiger partial charge on any atom is 0.369 e. The fraction of sp³-hybridized carbons (Fsp3) is 0.333. The predicted molar refractivity (Wildman–Crippen MR) is 49.1 cm³/mol. The van der Waals surface area contributed by atoms with E-state index in [0.29, 0.717) is 0 Å². The van der Waals surface area contributed by atoms with E-state index >= 15 is 0 Å². The largest absolute Gasteiger partial charge is 0.477 e. The summed E-state index contributed by atoms with van der Waals surface area (Å²) in [5.41, 5.74) is 5.24. The molecular formula is C6H9N3O4S. The van der Waals surface area contributed by atoms with Crippen LogP contribution in [0.3, 0.4) is 0 Å². The number of aliphatic carboxylic acids is 1. The van der Waals surface area contributed by atoms with Gasteiger partial charge in [-0.3, -0.25) is 0 Å². The monoisotopic (exact) mass is 219 g/mol. The topological polar surface area (TPSA) is 122 Å². The summed E-state index contributed by atoms with van der Waals surface area (Å²) >= 11 is 0. The Morgan fingerprint density at radius 3 is 2.57 bits per heavy atom. The zero-order valence-electron chi connectivity index (χ0n) is 7.26. The van der Waals surface area contributed by atoms with Gasteiger partial charge in [0.25, 0.3) is 0 Å². The Labute approximate surface area is 80.2 Å². The van der Waals surface area contributed by atoms with E-state index in [9.17, 15) is 13.2 Å². The molecule has 1 rings (SSSR count). The van der Waals surface area contributed by atoms with Crippen LogP contribution in [-0.4, -0.2) is 36.6 Å². The maximum atomic E-state index is 11.3. The molecule has 0 aliphatic carbocycles. The molecule has 0 radical (unpaired) electrons. The van der Waals surface area contributed by atoms with Crippen LogP contribution >= 0.6 is 0 Å². The van der Waals surface area contributed by atoms with E-state index in [2.05, 4.69) is 10.3 Å². The van der Waals surface area contributed by atoms with Crippen LogP contribution in [0, 0.1) is 0 Å². The summed E-state index contributed by atoms with van der Waals surface area (Å²) in [6.07, 6.45) is 3.17. The second-order valence-electron chi connectivity index (χ2n) is 2.74. The Balaban J connectivity index is 3.36. The first-order chi connectivity index (χ1) is 6.29. The third-order valence-corrected chi connectivity index (χ3v) is 3.10. The van der Waals surface area contributed by atoms with Crippen molar-refractivity contribution in [2.75, 3.05) is 6.26 Å². The molecule has 7 nitrogen and oxygen atoms in total. The fourth-order valence-corrected chi connectivity index (χ4v) is 1.82. The molecule has 1 aliphatic rings. The van der Waals surface area contributed by atoms with Crippen molar-refractivity contribution >= 4 is 21.6 Å². The van der Waals surface area contributed by atoms with Gasteiger partial charge >= 0.3 is 11.0 Å². The SMILES string of the molecule is CS(=O)(=O)C1(C(=O)O)N=C(N)C=CN1. The zero-order valence-corrected chi connectivity index (χ0v) is 8.08. The Bertz CT molecular complexity index is 424. The van der Waals surface area contributed by atoms with Crippen molar-refractivity contribution in [1.82, 2.24) is 5.32 Å². The Morgan fingerprint density at radius 1 is 1.71 bits per heavy atom. The van der Waals surface area contributed by atoms with Gasteiger partial charge in [-0.2, -0.15) is 0 Å². The number of hydrogen-bond acceptors (Lipinski definition) is 6. The molecule has 1 heterocycles. The molecule has 1 atom stereocenters. The number of carboxylic acids is 1. The molecule has 0 bridgehead atoms. The van der Waals surface area contributed by atoms with Gasteiger partial charge in [-0.25, -0.2) is 18.2 Å². The minimum Gasteiger partial charge on any atom is -0.477 e. The van der Waals surface area contributed by atoms with Crippen LogP contribution in [0.4, 0.5) is 0 Å². The molecule has 78 valence electrons. The molecule has 0 aromatic rings. The first-order valence-corrected chi connectivity index (χ1v) is 5.41. The van der Waals surface area contributed by atoms with Gasteiger partial charge in [-0.05, 0) is 6.08 Å². The lowest BCUT2D eigenvalue weighted by molar-refractivity contribution is -0.140. The lowest BCUT2D eigenvalue weighted by Gasteiger charge is -2.25. The normalized spacial score (nSPS) is 26.5. The maximum absolute atomic E-state index is 11.3. The van der Waals surface area contributed by atoms with Crippen molar-refractivity contribution in [2.45, 2.75) is 4.99 Å². The summed E-state index contributed by atoms with van der Waals surface area (Å²) in [5.74, 6) is -1.77. The molecule has 0 aromatic carbocycles. The fourth-order valence-electron chi connectivity index (χ4n) is 0.949. The highest BCUT2D eigenvalue weighted by Crippen LogP contribution is 2.18. The van der Waals surface area contributed by atoms with Gasteiger partial charge in [0, 0.05) is 12.5 Å². The molecule has 0 saturated carbocycles. The van der Waals surface area contributed by atoms with Crippen molar-refractivity contribution in [2.24, 2.45) is 10.7 Å². The number of nitrogens with one attached hydrogen (secondary N) is 1. The quantitative estimate of drug-likeness (QED) is 0.506. The minimum absolute atomic E-state index is 0.156. The Morgan fingerprint density at radius 2 is 2.29 bits per heavy atom. The highest BCUT2D eigenvalue weighted by Gasteiger charge is 2.49. The molecule has 0 saturated heterocycles. The number of aliphatic imine (C=N–C) groups is 1. The number of amidine groups is 1. The zero-order chi connectivity index (χ0) is 11.0. The van der Waals surface area contributed by atoms with Crippen LogP contribution in [-0.2, 0) is 14.6 Å². The average Bonchev–Trinajstić information content (AvgIpc) is 2.01. The van der Waals surface area contributed by atoms with Crippen LogP contribution < -0.4 is 11.1 Å². The molecule has 14 heavy (non-hydrogen) atoms. The van der Waals surface area contributed by atoms with E-state index < -0.39 is 20.8 Å². The molecule has 1 aliphatic heterocycles. The van der Waals surface area contributed by atoms with Gasteiger partial charge in [-0.15, -0.1) is 0 Å². The summed E-state index contributed by atoms with van der Waals surface area (Å²) in [6.45, 7) is 0. The van der Waals surface area contributed by atoms with Gasteiger partial charge in [0.2, 0.25) is 9.84 Å². The predicted octanol–water partition coefficient (Wildman–Crippen LogP) is -1.76. The third kappa shape index (κ3) is 1.43. The number of hydrogen-bond donors (Lipinski definition) is 3. The Kier molecular flexibility index (Phi) is 2.24. The summed E-state index contributed by atoms with van der Waals surface area (Å²) in [7, 11) is -3.95. The standard InChI is InChI=1S/C6H9N3O4S/c1-14(12,13)6(5(10)11)8-3-2-4(7)9-6/h2-3,8H,1H3,(H2,7,9)(H,10,11). The van der Waals surface area contributed by atoms with Crippen molar-refractivity contribution in [1.29, 1.82) is 0 Å². The number of sulfone groups is 1. The van der Waals surface area contributed by atoms with Crippen molar-refractivity contribution < 1.29 is 18.3 Å². The van der Waals surface area contributed by atoms with E-state index in [1.54, 1.807) is 0 Å². The van der Waals surface area contributed by atoms with Crippen LogP contribution in [0.25, 0.3) is 0 Å². The molecular weight excluding hydrogens is 210 g/mol. The molecule has 0 spiro atoms. The van der Waals surface area contributed by atoms with Crippen molar-refractivity contribution in [3.8, 4) is 0 Å². The number of carbonyl (C=O) groups is 1. The molecule has 1 unspecified atom stereocenters. The van der Waals surface area contributed by atoms with Crippen LogP contribution in [0.15, 0.2) is 17.3 Å². The highest BCUT2D eigenvalue weighted by atomic mass is 32.2. The molecule has 0 fully saturated rings. The van der Waals surface area contributed by atoms with Crippen molar-refractivity contribution in [3.05, 3.63) is 12.3 Å². The van der Waals surface area contributed by atoms with E-state index in [-0.39, 0.29) is 5.84 Å². The minimum atomic E-state index is -3.95. The average molecular weight is 219 g/mol. The summed E-state index contributed by atoms with van der Waals surface area (Å²) in [6, 6.07) is 0. The number of rotatable bonds is 2. The van der Waals surface area contributed by atoms with Gasteiger partial charge in [-0.1, -0.05) is 0 Å². The molecule has 0 amide bonds. The first kappa shape index (κ1) is 10.5. The summed E-state index contributed by atoms with van der Waals surface area (Å²) in [4.78, 5) is 11.8. The molecule has 8 heteroatoms. The smallest absolute Gasteiger partial charge is 0.369 e. The van der Waals surface area contributed by atoms with Gasteiger partial charge in [0.05, 0.1) is 0 Å². The van der Waals surface area contributed by atoms with Gasteiger partial charge < -0.3 is 16.2 Å². The lowest BCUT2D eigenvalue weighted by Crippen LogP contribution is -2.56. The van der Waals surface area contributed by atoms with Crippen molar-refractivity contribution in [3.63, 3.8) is 0 Å². The lowest BCUT2D eigenvalue weighted by atomic mass is 10.4. The molecule has 4 N–H and O–H groups in total. The second-order valence-corrected chi connectivity index (χ2v) is 4.87. The highest BCUT2D eigenvalue weighted by molar-refractivity contribution is 7.92. The van der Waals surface area contributed by atoms with Crippen LogP contribution in [0.5, 0.6) is 0 Å². The summed E-state index contributed by atoms with van der Waals surface area (Å²) in [5, 5.41) is 11.0. The number of nitrogens with two attached hydrogens (primary N) is 1. The molecule has 0 aromatic heterocycles. The van der Waals surface area contributed by atoms with Crippen LogP contribution in [0.1, 0.15) is 0 Å². The van der Waals surface area contributed by atoms with Gasteiger partial charge in [0.1, 0.15) is 5.84 Å². The number of nitrogens with zero attached hydrogens (tertiary/aromatic N) is 1. The van der Waals surface area contributed by atoms with Crippen LogP contribution in [0.2, 0.25) is 0 Å². The Hall–Kier alpha value is -1.57. The van der Waals surface area contributed by atoms with Gasteiger partial charge in [0.15, 0.2) is 0 Å². The van der Waals surface area contributed by atoms with E-state index in [0.717, 1.165) is 12.5 Å². The number of carboxylic acid groups (broad SMARTS) is 1. The summed E-state index contributed by atoms with van der Waals surface area (Å²) < 4.78 is 22.5. The first-order valence-electron chi connectivity index (χ1n) is 3.52. The third-order valence-electron chi connectivity index (χ3n) is 1.65.